The van der Waals surface area contributed by atoms with Gasteiger partial charge in [0.1, 0.15) is 29.5 Å². The Hall–Kier alpha value is -4.90. The van der Waals surface area contributed by atoms with Gasteiger partial charge in [-0.25, -0.2) is 4.79 Å². The van der Waals surface area contributed by atoms with Crippen LogP contribution in [0.25, 0.3) is 0 Å². The first-order valence-corrected chi connectivity index (χ1v) is 16.8. The number of nitrogens with two attached hydrogens (primary N) is 1. The zero-order valence-electron chi connectivity index (χ0n) is 29.0. The number of carbonyl (C=O) groups excluding carboxylic acids is 4. The maximum Gasteiger partial charge on any atom is 0.408 e. The van der Waals surface area contributed by atoms with Crippen molar-refractivity contribution in [3.8, 4) is 5.75 Å². The number of ether oxygens (including phenoxy) is 1. The molecular formula is C38H49N5O6. The van der Waals surface area contributed by atoms with Crippen LogP contribution < -0.4 is 21.7 Å². The van der Waals surface area contributed by atoms with E-state index in [1.54, 1.807) is 45.0 Å². The number of alkyl carbamates (subject to hydrolysis) is 1. The summed E-state index contributed by atoms with van der Waals surface area (Å²) < 4.78 is 5.53. The van der Waals surface area contributed by atoms with Gasteiger partial charge >= 0.3 is 6.09 Å². The van der Waals surface area contributed by atoms with Crippen molar-refractivity contribution in [1.29, 1.82) is 0 Å². The van der Waals surface area contributed by atoms with E-state index in [1.807, 2.05) is 56.3 Å². The van der Waals surface area contributed by atoms with E-state index in [0.29, 0.717) is 31.5 Å². The van der Waals surface area contributed by atoms with Crippen molar-refractivity contribution in [2.75, 3.05) is 11.9 Å². The first-order chi connectivity index (χ1) is 23.3. The summed E-state index contributed by atoms with van der Waals surface area (Å²) in [6.07, 6.45) is 1.22. The zero-order valence-corrected chi connectivity index (χ0v) is 29.0. The lowest BCUT2D eigenvalue weighted by molar-refractivity contribution is -0.144. The lowest BCUT2D eigenvalue weighted by Gasteiger charge is -2.39. The highest BCUT2D eigenvalue weighted by atomic mass is 16.6. The van der Waals surface area contributed by atoms with Gasteiger partial charge in [-0.2, -0.15) is 0 Å². The fourth-order valence-electron chi connectivity index (χ4n) is 6.12. The van der Waals surface area contributed by atoms with Gasteiger partial charge in [0.25, 0.3) is 0 Å². The van der Waals surface area contributed by atoms with Gasteiger partial charge in [0.15, 0.2) is 0 Å². The number of benzene rings is 3. The second kappa shape index (κ2) is 16.5. The van der Waals surface area contributed by atoms with Gasteiger partial charge in [-0.3, -0.25) is 14.4 Å². The van der Waals surface area contributed by atoms with Gasteiger partial charge in [0.2, 0.25) is 17.7 Å². The minimum atomic E-state index is -1.10. The highest BCUT2D eigenvalue weighted by Gasteiger charge is 2.40. The minimum Gasteiger partial charge on any atom is -0.508 e. The maximum absolute atomic E-state index is 14.6. The lowest BCUT2D eigenvalue weighted by atomic mass is 9.91. The molecule has 1 aliphatic rings. The molecule has 0 saturated heterocycles. The highest BCUT2D eigenvalue weighted by molar-refractivity contribution is 5.99. The smallest absolute Gasteiger partial charge is 0.408 e. The topological polar surface area (TPSA) is 163 Å². The van der Waals surface area contributed by atoms with E-state index < -0.39 is 41.6 Å². The molecule has 0 aromatic heterocycles. The Morgan fingerprint density at radius 2 is 1.55 bits per heavy atom. The summed E-state index contributed by atoms with van der Waals surface area (Å²) in [7, 11) is 0. The van der Waals surface area contributed by atoms with Crippen molar-refractivity contribution in [3.05, 3.63) is 94.5 Å². The Kier molecular flexibility index (Phi) is 12.4. The van der Waals surface area contributed by atoms with Crippen LogP contribution >= 0.6 is 0 Å². The van der Waals surface area contributed by atoms with Crippen LogP contribution in [-0.4, -0.2) is 64.1 Å². The van der Waals surface area contributed by atoms with Gasteiger partial charge in [0.05, 0.1) is 0 Å². The number of rotatable bonds is 12. The summed E-state index contributed by atoms with van der Waals surface area (Å²) in [5.41, 5.74) is 9.60. The van der Waals surface area contributed by atoms with Gasteiger partial charge in [0, 0.05) is 25.1 Å². The molecule has 4 rings (SSSR count). The van der Waals surface area contributed by atoms with Crippen molar-refractivity contribution in [3.63, 3.8) is 0 Å². The molecule has 0 fully saturated rings. The molecule has 6 N–H and O–H groups in total. The van der Waals surface area contributed by atoms with Gasteiger partial charge < -0.3 is 36.4 Å². The molecule has 0 saturated carbocycles. The third-order valence-corrected chi connectivity index (χ3v) is 8.53. The largest absolute Gasteiger partial charge is 0.508 e. The Morgan fingerprint density at radius 3 is 2.18 bits per heavy atom. The molecule has 3 aromatic rings. The minimum absolute atomic E-state index is 0.100. The number of unbranched alkanes of at least 4 members (excludes halogenated alkanes) is 1. The van der Waals surface area contributed by atoms with Gasteiger partial charge in [-0.05, 0) is 113 Å². The fraction of sp³-hybridized carbons (Fsp3) is 0.421. The number of fused-ring (bicyclic) bond motifs is 1. The van der Waals surface area contributed by atoms with Crippen molar-refractivity contribution < 1.29 is 29.0 Å². The first-order valence-electron chi connectivity index (χ1n) is 16.8. The number of amides is 4. The number of phenolic OH excluding ortho intramolecular Hbond substituents is 1. The summed E-state index contributed by atoms with van der Waals surface area (Å²) in [6, 6.07) is 16.9. The standard InChI is InChI=1S/C38H49N5O6/c1-24-19-29(44)20-25(2)30(24)22-32(42-37(48)49-38(3,4)5)36(47)43-23-27-14-10-9-13-26(27)21-33(43)35(46)41-31(17-11-12-18-39)34(45)40-28-15-7-6-8-16-28/h6-10,13-16,19-20,31-33,44H,11-12,17-18,21-23,39H2,1-5H3,(H,40,45)(H,41,46)(H,42,48)/t31-,32?,33?/m0/s1. The van der Waals surface area contributed by atoms with Crippen LogP contribution in [0.15, 0.2) is 66.7 Å². The predicted octanol–water partition coefficient (Wildman–Crippen LogP) is 4.65. The summed E-state index contributed by atoms with van der Waals surface area (Å²) in [5.74, 6) is -1.21. The van der Waals surface area contributed by atoms with E-state index in [9.17, 15) is 24.3 Å². The van der Waals surface area contributed by atoms with E-state index in [1.165, 1.54) is 4.90 Å². The van der Waals surface area contributed by atoms with Crippen LogP contribution in [0.2, 0.25) is 0 Å². The third-order valence-electron chi connectivity index (χ3n) is 8.53. The Balaban J connectivity index is 1.67. The van der Waals surface area contributed by atoms with E-state index in [4.69, 9.17) is 10.5 Å². The molecule has 262 valence electrons. The molecular weight excluding hydrogens is 622 g/mol. The Morgan fingerprint density at radius 1 is 0.918 bits per heavy atom. The molecule has 0 spiro atoms. The normalized spacial score (nSPS) is 15.4. The monoisotopic (exact) mass is 671 g/mol. The fourth-order valence-corrected chi connectivity index (χ4v) is 6.12. The first kappa shape index (κ1) is 36.9. The average molecular weight is 672 g/mol. The summed E-state index contributed by atoms with van der Waals surface area (Å²) in [6.45, 7) is 9.44. The van der Waals surface area contributed by atoms with Crippen molar-refractivity contribution >= 4 is 29.5 Å². The number of phenols is 1. The lowest BCUT2D eigenvalue weighted by Crippen LogP contribution is -2.60. The van der Waals surface area contributed by atoms with Gasteiger partial charge in [-0.1, -0.05) is 42.5 Å². The third kappa shape index (κ3) is 10.3. The van der Waals surface area contributed by atoms with Crippen LogP contribution in [0, 0.1) is 13.8 Å². The zero-order chi connectivity index (χ0) is 35.7. The molecule has 0 radical (unpaired) electrons. The van der Waals surface area contributed by atoms with Crippen molar-refractivity contribution in [2.45, 2.75) is 97.0 Å². The van der Waals surface area contributed by atoms with Crippen LogP contribution in [0.5, 0.6) is 5.75 Å². The SMILES string of the molecule is Cc1cc(O)cc(C)c1CC(NC(=O)OC(C)(C)C)C(=O)N1Cc2ccccc2CC1C(=O)N[C@@H](CCCCN)C(=O)Nc1ccccc1. The molecule has 0 bridgehead atoms. The molecule has 11 nitrogen and oxygen atoms in total. The number of nitrogens with zero attached hydrogens (tertiary/aromatic N) is 1. The van der Waals surface area contributed by atoms with Crippen molar-refractivity contribution in [2.24, 2.45) is 5.73 Å². The Bertz CT molecular complexity index is 1610. The molecule has 3 aromatic carbocycles. The van der Waals surface area contributed by atoms with Crippen molar-refractivity contribution in [1.82, 2.24) is 15.5 Å². The molecule has 4 amide bonds. The molecule has 1 aliphatic heterocycles. The van der Waals surface area contributed by atoms with Crippen LogP contribution in [-0.2, 0) is 38.5 Å². The molecule has 2 unspecified atom stereocenters. The number of carbonyl (C=O) groups is 4. The second-order valence-corrected chi connectivity index (χ2v) is 13.6. The quantitative estimate of drug-likeness (QED) is 0.175. The summed E-state index contributed by atoms with van der Waals surface area (Å²) in [4.78, 5) is 56.9. The number of hydrogen-bond acceptors (Lipinski definition) is 7. The predicted molar refractivity (Wildman–Crippen MR) is 189 cm³/mol. The van der Waals surface area contributed by atoms with Crippen LogP contribution in [0.4, 0.5) is 10.5 Å². The van der Waals surface area contributed by atoms with Gasteiger partial charge in [-0.15, -0.1) is 0 Å². The summed E-state index contributed by atoms with van der Waals surface area (Å²) >= 11 is 0. The van der Waals surface area contributed by atoms with Crippen LogP contribution in [0.1, 0.15) is 67.9 Å². The number of para-hydroxylation sites is 1. The molecule has 49 heavy (non-hydrogen) atoms. The average Bonchev–Trinajstić information content (AvgIpc) is 3.04. The number of hydrogen-bond donors (Lipinski definition) is 5. The van der Waals surface area contributed by atoms with E-state index in [0.717, 1.165) is 27.8 Å². The second-order valence-electron chi connectivity index (χ2n) is 13.6. The van der Waals surface area contributed by atoms with E-state index in [2.05, 4.69) is 16.0 Å². The Labute approximate surface area is 288 Å². The molecule has 0 aliphatic carbocycles. The molecule has 3 atom stereocenters. The number of nitrogens with one attached hydrogen (secondary N) is 3. The number of aryl methyl sites for hydroxylation is 2. The summed E-state index contributed by atoms with van der Waals surface area (Å²) in [5, 5.41) is 18.7. The highest BCUT2D eigenvalue weighted by Crippen LogP contribution is 2.27. The number of aromatic hydroxyl groups is 1. The maximum atomic E-state index is 14.6. The van der Waals surface area contributed by atoms with E-state index in [-0.39, 0.29) is 31.0 Å². The van der Waals surface area contributed by atoms with E-state index >= 15 is 0 Å². The molecule has 11 heteroatoms. The number of anilines is 1. The van der Waals surface area contributed by atoms with Crippen LogP contribution in [0.3, 0.4) is 0 Å². The molecule has 1 heterocycles.